The third-order valence-electron chi connectivity index (χ3n) is 13.8. The number of aryl methyl sites for hydroxylation is 1. The second-order valence-corrected chi connectivity index (χ2v) is 17.5. The van der Waals surface area contributed by atoms with Crippen LogP contribution in [0.25, 0.3) is 4.85 Å². The molecule has 5 aliphatic carbocycles. The minimum absolute atomic E-state index is 0.00463. The molecule has 9 atom stereocenters. The fourth-order valence-corrected chi connectivity index (χ4v) is 12.6. The van der Waals surface area contributed by atoms with Gasteiger partial charge in [0, 0.05) is 29.6 Å². The maximum atomic E-state index is 14.7. The molecule has 5 fully saturated rings. The van der Waals surface area contributed by atoms with E-state index in [4.69, 9.17) is 11.7 Å². The summed E-state index contributed by atoms with van der Waals surface area (Å²) in [5, 5.41) is 11.4. The quantitative estimate of drug-likeness (QED) is 0.338. The monoisotopic (exact) mass is 549 g/mol. The summed E-state index contributed by atoms with van der Waals surface area (Å²) in [7, 11) is 0. The van der Waals surface area contributed by atoms with Crippen LogP contribution in [0.3, 0.4) is 0 Å². The van der Waals surface area contributed by atoms with Crippen LogP contribution in [-0.2, 0) is 15.0 Å². The maximum absolute atomic E-state index is 14.7. The third kappa shape index (κ3) is 3.41. The maximum Gasteiger partial charge on any atom is 0.281 e. The average Bonchev–Trinajstić information content (AvgIpc) is 3.29. The lowest BCUT2D eigenvalue weighted by molar-refractivity contribution is -0.227. The first-order valence-electron chi connectivity index (χ1n) is 15.3. The third-order valence-corrected chi connectivity index (χ3v) is 14.9. The standard InChI is InChI=1S/C33H47N3O2S/c1-19-35-36-27(39-19)33-14-12-28(2,3)17-20(33)25-22(37)16-24-30(6)18-21(34-9)26(38)29(4,5)23(30)10-11-31(24,7)32(25,8)13-15-33/h20-21,23-25H,10-18H2,1-8H3/t20-,21?,23-,24+,25-,30-,31+,32+,33-/m0/s1. The lowest BCUT2D eigenvalue weighted by atomic mass is 9.31. The molecule has 6 rings (SSSR count). The molecule has 39 heavy (non-hydrogen) atoms. The first-order valence-corrected chi connectivity index (χ1v) is 16.1. The topological polar surface area (TPSA) is 64.3 Å². The van der Waals surface area contributed by atoms with Crippen LogP contribution in [0.5, 0.6) is 0 Å². The summed E-state index contributed by atoms with van der Waals surface area (Å²) >= 11 is 1.76. The van der Waals surface area contributed by atoms with Crippen molar-refractivity contribution in [2.45, 2.75) is 125 Å². The number of Topliss-reactive ketones (excluding diaryl/α,β-unsaturated/α-hetero) is 2. The van der Waals surface area contributed by atoms with Crippen molar-refractivity contribution in [3.63, 3.8) is 0 Å². The molecule has 0 radical (unpaired) electrons. The largest absolute Gasteiger partial charge is 0.305 e. The van der Waals surface area contributed by atoms with Crippen molar-refractivity contribution in [1.29, 1.82) is 0 Å². The number of fused-ring (bicyclic) bond motifs is 7. The Morgan fingerprint density at radius 2 is 1.56 bits per heavy atom. The minimum atomic E-state index is -0.581. The molecule has 1 aromatic rings. The highest BCUT2D eigenvalue weighted by atomic mass is 32.1. The van der Waals surface area contributed by atoms with Crippen LogP contribution < -0.4 is 0 Å². The number of hydrogen-bond acceptors (Lipinski definition) is 5. The molecule has 5 aliphatic rings. The molecule has 6 heteroatoms. The molecule has 0 amide bonds. The lowest BCUT2D eigenvalue weighted by Gasteiger charge is -2.72. The Morgan fingerprint density at radius 1 is 0.872 bits per heavy atom. The van der Waals surface area contributed by atoms with Crippen molar-refractivity contribution in [1.82, 2.24) is 10.2 Å². The number of carbonyl (C=O) groups excluding carboxylic acids is 2. The first kappa shape index (κ1) is 27.6. The van der Waals surface area contributed by atoms with E-state index in [1.807, 2.05) is 0 Å². The van der Waals surface area contributed by atoms with Crippen LogP contribution in [0, 0.1) is 64.2 Å². The van der Waals surface area contributed by atoms with Crippen molar-refractivity contribution >= 4 is 22.9 Å². The second-order valence-electron chi connectivity index (χ2n) is 16.3. The van der Waals surface area contributed by atoms with Gasteiger partial charge < -0.3 is 4.85 Å². The first-order chi connectivity index (χ1) is 18.1. The van der Waals surface area contributed by atoms with Gasteiger partial charge in [0.1, 0.15) is 15.8 Å². The molecule has 1 heterocycles. The van der Waals surface area contributed by atoms with Crippen LogP contribution >= 0.6 is 11.3 Å². The van der Waals surface area contributed by atoms with Gasteiger partial charge in [-0.05, 0) is 91.3 Å². The molecule has 0 aromatic carbocycles. The van der Waals surface area contributed by atoms with Crippen LogP contribution in [-0.4, -0.2) is 27.8 Å². The lowest BCUT2D eigenvalue weighted by Crippen LogP contribution is -2.70. The molecule has 212 valence electrons. The average molecular weight is 550 g/mol. The predicted octanol–water partition coefficient (Wildman–Crippen LogP) is 7.63. The van der Waals surface area contributed by atoms with Crippen molar-refractivity contribution < 1.29 is 9.59 Å². The number of hydrogen-bond donors (Lipinski definition) is 0. The molecule has 5 nitrogen and oxygen atoms in total. The van der Waals surface area contributed by atoms with E-state index in [0.29, 0.717) is 24.5 Å². The van der Waals surface area contributed by atoms with E-state index in [9.17, 15) is 9.59 Å². The van der Waals surface area contributed by atoms with Crippen molar-refractivity contribution in [3.05, 3.63) is 21.4 Å². The normalized spacial score (nSPS) is 48.2. The molecule has 1 unspecified atom stereocenters. The Hall–Kier alpha value is -1.61. The van der Waals surface area contributed by atoms with Crippen molar-refractivity contribution in [2.75, 3.05) is 0 Å². The molecule has 5 saturated carbocycles. The van der Waals surface area contributed by atoms with Crippen LogP contribution in [0.4, 0.5) is 0 Å². The Balaban J connectivity index is 1.46. The molecule has 0 bridgehead atoms. The van der Waals surface area contributed by atoms with Gasteiger partial charge >= 0.3 is 0 Å². The molecule has 0 saturated heterocycles. The van der Waals surface area contributed by atoms with Gasteiger partial charge in [0.05, 0.1) is 0 Å². The van der Waals surface area contributed by atoms with E-state index >= 15 is 0 Å². The Kier molecular flexibility index (Phi) is 5.82. The second kappa shape index (κ2) is 8.24. The Bertz CT molecular complexity index is 1280. The van der Waals surface area contributed by atoms with Gasteiger partial charge in [-0.1, -0.05) is 48.5 Å². The Morgan fingerprint density at radius 3 is 2.21 bits per heavy atom. The fourth-order valence-electron chi connectivity index (χ4n) is 11.6. The predicted molar refractivity (Wildman–Crippen MR) is 154 cm³/mol. The highest BCUT2D eigenvalue weighted by Crippen LogP contribution is 2.76. The zero-order valence-electron chi connectivity index (χ0n) is 25.3. The smallest absolute Gasteiger partial charge is 0.281 e. The Labute approximate surface area is 239 Å². The molecule has 1 aromatic heterocycles. The van der Waals surface area contributed by atoms with Crippen LogP contribution in [0.15, 0.2) is 0 Å². The summed E-state index contributed by atoms with van der Waals surface area (Å²) in [4.78, 5) is 31.9. The zero-order valence-corrected chi connectivity index (χ0v) is 26.1. The molecular weight excluding hydrogens is 502 g/mol. The summed E-state index contributed by atoms with van der Waals surface area (Å²) in [5.41, 5.74) is -0.619. The van der Waals surface area contributed by atoms with Gasteiger partial charge in [0.15, 0.2) is 0 Å². The van der Waals surface area contributed by atoms with Crippen molar-refractivity contribution in [2.24, 2.45) is 50.7 Å². The molecule has 0 N–H and O–H groups in total. The fraction of sp³-hybridized carbons (Fsp3) is 0.848. The summed E-state index contributed by atoms with van der Waals surface area (Å²) in [6.07, 6.45) is 8.76. The highest BCUT2D eigenvalue weighted by Gasteiger charge is 2.73. The highest BCUT2D eigenvalue weighted by molar-refractivity contribution is 7.11. The number of ketones is 2. The zero-order chi connectivity index (χ0) is 28.4. The van der Waals surface area contributed by atoms with Crippen molar-refractivity contribution in [3.8, 4) is 0 Å². The number of rotatable bonds is 1. The van der Waals surface area contributed by atoms with E-state index in [2.05, 4.69) is 65.3 Å². The van der Waals surface area contributed by atoms with Gasteiger partial charge in [0.2, 0.25) is 5.78 Å². The van der Waals surface area contributed by atoms with Gasteiger partial charge in [-0.15, -0.1) is 21.5 Å². The van der Waals surface area contributed by atoms with E-state index in [1.54, 1.807) is 11.3 Å². The van der Waals surface area contributed by atoms with Gasteiger partial charge in [-0.25, -0.2) is 6.57 Å². The van der Waals surface area contributed by atoms with E-state index in [1.165, 1.54) is 11.4 Å². The van der Waals surface area contributed by atoms with Gasteiger partial charge in [-0.3, -0.25) is 9.59 Å². The van der Waals surface area contributed by atoms with Gasteiger partial charge in [-0.2, -0.15) is 0 Å². The van der Waals surface area contributed by atoms with E-state index in [-0.39, 0.29) is 50.6 Å². The van der Waals surface area contributed by atoms with Crippen LogP contribution in [0.2, 0.25) is 0 Å². The summed E-state index contributed by atoms with van der Waals surface area (Å²) in [5.74, 6) is 1.33. The summed E-state index contributed by atoms with van der Waals surface area (Å²) < 4.78 is 0. The minimum Gasteiger partial charge on any atom is -0.305 e. The molecular formula is C33H47N3O2S. The summed E-state index contributed by atoms with van der Waals surface area (Å²) in [6.45, 7) is 26.2. The number of aromatic nitrogens is 2. The van der Waals surface area contributed by atoms with Gasteiger partial charge in [0.25, 0.3) is 6.04 Å². The SMILES string of the molecule is [C-]#[N+]C1C[C@]2(C)[C@H]3CC(=O)[C@@H]4[C@@H]5CC(C)(C)CC[C@]5(c5nnc(C)s5)CC[C@@]4(C)[C@]3(C)CC[C@H]2C(C)(C)C1=O. The summed E-state index contributed by atoms with van der Waals surface area (Å²) in [6, 6.07) is -0.581. The van der Waals surface area contributed by atoms with E-state index < -0.39 is 11.5 Å². The van der Waals surface area contributed by atoms with Crippen LogP contribution in [0.1, 0.15) is 116 Å². The number of nitrogens with zero attached hydrogens (tertiary/aromatic N) is 3. The molecule has 0 spiro atoms. The molecule has 0 aliphatic heterocycles. The number of carbonyl (C=O) groups is 2. The van der Waals surface area contributed by atoms with E-state index in [0.717, 1.165) is 43.5 Å².